The zero-order valence-electron chi connectivity index (χ0n) is 20.3. The highest BCUT2D eigenvalue weighted by Gasteiger charge is 2.33. The Balaban J connectivity index is 3.17. The molecule has 0 spiro atoms. The molecule has 27 heavy (non-hydrogen) atoms. The quantitative estimate of drug-likeness (QED) is 0.407. The lowest BCUT2D eigenvalue weighted by Gasteiger charge is -2.39. The van der Waals surface area contributed by atoms with E-state index >= 15 is 0 Å². The SMILES string of the molecule is CCC=C(C)C(C)(C)CC(C)(C)C1=CCC(CC)C(C)(C)CC=C(C)CC1. The van der Waals surface area contributed by atoms with E-state index in [9.17, 15) is 0 Å². The molecule has 0 fully saturated rings. The maximum atomic E-state index is 2.64. The van der Waals surface area contributed by atoms with Crippen LogP contribution in [0.1, 0.15) is 114 Å². The molecule has 0 saturated carbocycles. The van der Waals surface area contributed by atoms with Crippen molar-refractivity contribution in [2.24, 2.45) is 22.2 Å². The van der Waals surface area contributed by atoms with Crippen LogP contribution in [-0.4, -0.2) is 0 Å². The van der Waals surface area contributed by atoms with E-state index < -0.39 is 0 Å². The first-order valence-electron chi connectivity index (χ1n) is 11.4. The Labute approximate surface area is 171 Å². The minimum atomic E-state index is 0.244. The van der Waals surface area contributed by atoms with Crippen molar-refractivity contribution in [3.63, 3.8) is 0 Å². The highest BCUT2D eigenvalue weighted by Crippen LogP contribution is 2.46. The smallest absolute Gasteiger partial charge is 0.0136 e. The van der Waals surface area contributed by atoms with Crippen LogP contribution < -0.4 is 0 Å². The van der Waals surface area contributed by atoms with E-state index in [-0.39, 0.29) is 10.8 Å². The Morgan fingerprint density at radius 3 is 2.30 bits per heavy atom. The van der Waals surface area contributed by atoms with E-state index in [1.807, 2.05) is 0 Å². The lowest BCUT2D eigenvalue weighted by molar-refractivity contribution is 0.206. The second-order valence-electron chi connectivity index (χ2n) is 11.1. The normalized spacial score (nSPS) is 22.9. The molecular weight excluding hydrogens is 324 g/mol. The molecule has 156 valence electrons. The van der Waals surface area contributed by atoms with Gasteiger partial charge in [0.1, 0.15) is 0 Å². The monoisotopic (exact) mass is 372 g/mol. The predicted molar refractivity (Wildman–Crippen MR) is 124 cm³/mol. The molecule has 0 aromatic carbocycles. The van der Waals surface area contributed by atoms with Gasteiger partial charge in [0.2, 0.25) is 0 Å². The van der Waals surface area contributed by atoms with Crippen LogP contribution >= 0.6 is 0 Å². The van der Waals surface area contributed by atoms with Crippen molar-refractivity contribution in [2.75, 3.05) is 0 Å². The summed E-state index contributed by atoms with van der Waals surface area (Å²) in [6.07, 6.45) is 16.1. The van der Waals surface area contributed by atoms with Gasteiger partial charge in [-0.15, -0.1) is 0 Å². The summed E-state index contributed by atoms with van der Waals surface area (Å²) in [5.74, 6) is 0.764. The first-order valence-corrected chi connectivity index (χ1v) is 11.4. The second-order valence-corrected chi connectivity index (χ2v) is 11.1. The van der Waals surface area contributed by atoms with Crippen molar-refractivity contribution in [2.45, 2.75) is 114 Å². The van der Waals surface area contributed by atoms with E-state index in [0.29, 0.717) is 5.41 Å². The largest absolute Gasteiger partial charge is 0.0853 e. The molecule has 1 rings (SSSR count). The maximum Gasteiger partial charge on any atom is -0.0136 e. The second kappa shape index (κ2) is 9.62. The molecule has 1 aliphatic carbocycles. The van der Waals surface area contributed by atoms with E-state index in [1.54, 1.807) is 16.7 Å². The Morgan fingerprint density at radius 2 is 1.74 bits per heavy atom. The molecule has 0 amide bonds. The number of rotatable bonds is 6. The molecule has 0 bridgehead atoms. The zero-order valence-corrected chi connectivity index (χ0v) is 20.3. The Morgan fingerprint density at radius 1 is 1.11 bits per heavy atom. The van der Waals surface area contributed by atoms with Crippen molar-refractivity contribution in [1.29, 1.82) is 0 Å². The predicted octanol–water partition coefficient (Wildman–Crippen LogP) is 9.28. The molecule has 0 saturated heterocycles. The van der Waals surface area contributed by atoms with Crippen molar-refractivity contribution in [3.8, 4) is 0 Å². The number of hydrogen-bond donors (Lipinski definition) is 0. The van der Waals surface area contributed by atoms with E-state index in [4.69, 9.17) is 0 Å². The van der Waals surface area contributed by atoms with E-state index in [2.05, 4.69) is 87.5 Å². The van der Waals surface area contributed by atoms with Crippen LogP contribution in [0, 0.1) is 22.2 Å². The summed E-state index contributed by atoms with van der Waals surface area (Å²) >= 11 is 0. The summed E-state index contributed by atoms with van der Waals surface area (Å²) in [7, 11) is 0. The van der Waals surface area contributed by atoms with Crippen molar-refractivity contribution >= 4 is 0 Å². The standard InChI is InChI=1S/C27H48/c1-11-13-22(4)26(7,8)20-27(9,10)24-15-14-21(3)18-19-25(5,6)23(12-2)16-17-24/h13,17-18,23H,11-12,14-16,19-20H2,1-10H3. The third-order valence-corrected chi connectivity index (χ3v) is 7.34. The maximum absolute atomic E-state index is 2.64. The van der Waals surface area contributed by atoms with Gasteiger partial charge in [-0.3, -0.25) is 0 Å². The molecule has 0 aliphatic heterocycles. The van der Waals surface area contributed by atoms with Gasteiger partial charge in [-0.05, 0) is 74.5 Å². The van der Waals surface area contributed by atoms with Gasteiger partial charge in [-0.1, -0.05) is 96.8 Å². The third-order valence-electron chi connectivity index (χ3n) is 7.34. The number of allylic oxidation sites excluding steroid dienone is 6. The van der Waals surface area contributed by atoms with Gasteiger partial charge in [0, 0.05) is 0 Å². The first-order chi connectivity index (χ1) is 12.4. The van der Waals surface area contributed by atoms with E-state index in [1.165, 1.54) is 38.5 Å². The molecular formula is C27H48. The van der Waals surface area contributed by atoms with Gasteiger partial charge >= 0.3 is 0 Å². The topological polar surface area (TPSA) is 0 Å². The van der Waals surface area contributed by atoms with Gasteiger partial charge in [0.25, 0.3) is 0 Å². The van der Waals surface area contributed by atoms with Gasteiger partial charge < -0.3 is 0 Å². The molecule has 1 aliphatic rings. The molecule has 0 aromatic rings. The van der Waals surface area contributed by atoms with Gasteiger partial charge in [0.05, 0.1) is 0 Å². The zero-order chi connectivity index (χ0) is 20.9. The molecule has 0 heterocycles. The highest BCUT2D eigenvalue weighted by atomic mass is 14.4. The molecule has 1 atom stereocenters. The van der Waals surface area contributed by atoms with Crippen molar-refractivity contribution in [1.82, 2.24) is 0 Å². The van der Waals surface area contributed by atoms with Crippen molar-refractivity contribution < 1.29 is 0 Å². The summed E-state index contributed by atoms with van der Waals surface area (Å²) in [6.45, 7) is 24.0. The van der Waals surface area contributed by atoms with Crippen LogP contribution in [0.4, 0.5) is 0 Å². The summed E-state index contributed by atoms with van der Waals surface area (Å²) in [4.78, 5) is 0. The van der Waals surface area contributed by atoms with Crippen LogP contribution in [0.25, 0.3) is 0 Å². The summed E-state index contributed by atoms with van der Waals surface area (Å²) in [6, 6.07) is 0. The fourth-order valence-corrected chi connectivity index (χ4v) is 5.02. The van der Waals surface area contributed by atoms with Crippen molar-refractivity contribution in [3.05, 3.63) is 34.9 Å². The average Bonchev–Trinajstić information content (AvgIpc) is 2.54. The van der Waals surface area contributed by atoms with Crippen LogP contribution in [0.2, 0.25) is 0 Å². The lowest BCUT2D eigenvalue weighted by atomic mass is 9.66. The van der Waals surface area contributed by atoms with Crippen LogP contribution in [-0.2, 0) is 0 Å². The fourth-order valence-electron chi connectivity index (χ4n) is 5.02. The highest BCUT2D eigenvalue weighted by molar-refractivity contribution is 5.20. The molecule has 0 N–H and O–H groups in total. The Kier molecular flexibility index (Phi) is 8.64. The first kappa shape index (κ1) is 24.3. The molecule has 0 nitrogen and oxygen atoms in total. The Hall–Kier alpha value is -0.780. The molecule has 0 aromatic heterocycles. The van der Waals surface area contributed by atoms with Crippen LogP contribution in [0.3, 0.4) is 0 Å². The molecule has 0 heteroatoms. The minimum Gasteiger partial charge on any atom is -0.0853 e. The summed E-state index contributed by atoms with van der Waals surface area (Å²) in [5.41, 5.74) is 5.69. The Bertz CT molecular complexity index is 563. The van der Waals surface area contributed by atoms with Gasteiger partial charge in [0.15, 0.2) is 0 Å². The number of hydrogen-bond acceptors (Lipinski definition) is 0. The third kappa shape index (κ3) is 6.95. The average molecular weight is 373 g/mol. The van der Waals surface area contributed by atoms with Crippen LogP contribution in [0.5, 0.6) is 0 Å². The molecule has 0 radical (unpaired) electrons. The summed E-state index contributed by atoms with van der Waals surface area (Å²) in [5, 5.41) is 0. The van der Waals surface area contributed by atoms with Crippen LogP contribution in [0.15, 0.2) is 34.9 Å². The van der Waals surface area contributed by atoms with Gasteiger partial charge in [-0.25, -0.2) is 0 Å². The van der Waals surface area contributed by atoms with E-state index in [0.717, 1.165) is 12.3 Å². The lowest BCUT2D eigenvalue weighted by Crippen LogP contribution is -2.27. The fraction of sp³-hybridized carbons (Fsp3) is 0.778. The minimum absolute atomic E-state index is 0.244. The van der Waals surface area contributed by atoms with Gasteiger partial charge in [-0.2, -0.15) is 0 Å². The summed E-state index contributed by atoms with van der Waals surface area (Å²) < 4.78 is 0. The molecule has 1 unspecified atom stereocenters.